The summed E-state index contributed by atoms with van der Waals surface area (Å²) >= 11 is 13.7. The van der Waals surface area contributed by atoms with Crippen LogP contribution in [-0.2, 0) is 12.3 Å². The van der Waals surface area contributed by atoms with Crippen molar-refractivity contribution in [1.82, 2.24) is 14.8 Å². The van der Waals surface area contributed by atoms with Crippen molar-refractivity contribution >= 4 is 35.0 Å². The van der Waals surface area contributed by atoms with Gasteiger partial charge < -0.3 is 4.57 Å². The fourth-order valence-electron chi connectivity index (χ4n) is 2.31. The van der Waals surface area contributed by atoms with Crippen LogP contribution in [0.5, 0.6) is 0 Å². The Balaban J connectivity index is 1.88. The van der Waals surface area contributed by atoms with E-state index in [4.69, 9.17) is 23.2 Å². The maximum Gasteiger partial charge on any atom is 0.191 e. The van der Waals surface area contributed by atoms with Gasteiger partial charge in [-0.2, -0.15) is 0 Å². The van der Waals surface area contributed by atoms with E-state index in [0.29, 0.717) is 33.7 Å². The highest BCUT2D eigenvalue weighted by atomic mass is 35.5. The first-order valence-corrected chi connectivity index (χ1v) is 9.09. The lowest BCUT2D eigenvalue weighted by atomic mass is 10.2. The summed E-state index contributed by atoms with van der Waals surface area (Å²) in [5.41, 5.74) is 1.41. The first-order valence-electron chi connectivity index (χ1n) is 7.35. The van der Waals surface area contributed by atoms with Crippen LogP contribution in [0, 0.1) is 5.82 Å². The third-order valence-electron chi connectivity index (χ3n) is 3.52. The molecule has 124 valence electrons. The zero-order valence-electron chi connectivity index (χ0n) is 12.8. The number of nitrogens with zero attached hydrogens (tertiary/aromatic N) is 3. The van der Waals surface area contributed by atoms with Gasteiger partial charge in [-0.05, 0) is 36.8 Å². The second-order valence-corrected chi connectivity index (χ2v) is 6.84. The molecular formula is C17H14Cl2FN3S. The number of hydrogen-bond acceptors (Lipinski definition) is 3. The highest BCUT2D eigenvalue weighted by Crippen LogP contribution is 2.32. The molecule has 0 saturated carbocycles. The normalized spacial score (nSPS) is 11.0. The number of hydrogen-bond donors (Lipinski definition) is 0. The van der Waals surface area contributed by atoms with Gasteiger partial charge in [0.25, 0.3) is 0 Å². The van der Waals surface area contributed by atoms with E-state index in [2.05, 4.69) is 10.2 Å². The standard InChI is InChI=1S/C17H14Cl2FN3S/c1-2-23-16(13-8-7-12(18)9-14(13)19)21-22-17(23)24-10-11-5-3-4-6-15(11)20/h3-9H,2,10H2,1H3. The van der Waals surface area contributed by atoms with Gasteiger partial charge in [0, 0.05) is 22.9 Å². The van der Waals surface area contributed by atoms with Gasteiger partial charge in [-0.1, -0.05) is 53.2 Å². The Labute approximate surface area is 153 Å². The number of halogens is 3. The molecule has 3 nitrogen and oxygen atoms in total. The van der Waals surface area contributed by atoms with E-state index < -0.39 is 0 Å². The lowest BCUT2D eigenvalue weighted by molar-refractivity contribution is 0.617. The van der Waals surface area contributed by atoms with Crippen molar-refractivity contribution in [2.75, 3.05) is 0 Å². The van der Waals surface area contributed by atoms with Crippen molar-refractivity contribution in [3.8, 4) is 11.4 Å². The lowest BCUT2D eigenvalue weighted by Crippen LogP contribution is -2.00. The topological polar surface area (TPSA) is 30.7 Å². The minimum Gasteiger partial charge on any atom is -0.302 e. The molecule has 3 rings (SSSR count). The van der Waals surface area contributed by atoms with Crippen molar-refractivity contribution in [3.05, 3.63) is 63.9 Å². The Hall–Kier alpha value is -1.56. The van der Waals surface area contributed by atoms with Crippen LogP contribution >= 0.6 is 35.0 Å². The van der Waals surface area contributed by atoms with Gasteiger partial charge in [-0.3, -0.25) is 0 Å². The summed E-state index contributed by atoms with van der Waals surface area (Å²) in [6.07, 6.45) is 0. The number of rotatable bonds is 5. The van der Waals surface area contributed by atoms with E-state index in [0.717, 1.165) is 10.7 Å². The summed E-state index contributed by atoms with van der Waals surface area (Å²) in [6, 6.07) is 12.0. The minimum atomic E-state index is -0.214. The van der Waals surface area contributed by atoms with Gasteiger partial charge in [0.15, 0.2) is 11.0 Å². The molecule has 0 fully saturated rings. The molecule has 0 aliphatic heterocycles. The van der Waals surface area contributed by atoms with Crippen LogP contribution in [0.25, 0.3) is 11.4 Å². The fourth-order valence-corrected chi connectivity index (χ4v) is 3.79. The summed E-state index contributed by atoms with van der Waals surface area (Å²) in [6.45, 7) is 2.69. The monoisotopic (exact) mass is 381 g/mol. The molecule has 2 aromatic carbocycles. The second kappa shape index (κ2) is 7.55. The van der Waals surface area contributed by atoms with E-state index in [-0.39, 0.29) is 5.82 Å². The molecule has 0 N–H and O–H groups in total. The van der Waals surface area contributed by atoms with E-state index in [1.807, 2.05) is 23.6 Å². The van der Waals surface area contributed by atoms with Crippen molar-refractivity contribution in [2.24, 2.45) is 0 Å². The highest BCUT2D eigenvalue weighted by molar-refractivity contribution is 7.98. The van der Waals surface area contributed by atoms with Crippen LogP contribution in [0.3, 0.4) is 0 Å². The molecular weight excluding hydrogens is 368 g/mol. The molecule has 7 heteroatoms. The molecule has 0 atom stereocenters. The van der Waals surface area contributed by atoms with Gasteiger partial charge in [-0.25, -0.2) is 4.39 Å². The molecule has 0 amide bonds. The first-order chi connectivity index (χ1) is 11.6. The molecule has 0 unspecified atom stereocenters. The Kier molecular flexibility index (Phi) is 5.43. The van der Waals surface area contributed by atoms with Crippen LogP contribution in [0.4, 0.5) is 4.39 Å². The SMILES string of the molecule is CCn1c(SCc2ccccc2F)nnc1-c1ccc(Cl)cc1Cl. The second-order valence-electron chi connectivity index (χ2n) is 5.05. The fraction of sp³-hybridized carbons (Fsp3) is 0.176. The third kappa shape index (κ3) is 3.58. The summed E-state index contributed by atoms with van der Waals surface area (Å²) < 4.78 is 15.7. The van der Waals surface area contributed by atoms with Gasteiger partial charge in [-0.15, -0.1) is 10.2 Å². The molecule has 1 aromatic heterocycles. The number of thioether (sulfide) groups is 1. The summed E-state index contributed by atoms with van der Waals surface area (Å²) in [5, 5.41) is 10.3. The van der Waals surface area contributed by atoms with Crippen LogP contribution in [0.15, 0.2) is 47.6 Å². The quantitative estimate of drug-likeness (QED) is 0.530. The molecule has 0 radical (unpaired) electrons. The zero-order valence-corrected chi connectivity index (χ0v) is 15.2. The molecule has 0 bridgehead atoms. The highest BCUT2D eigenvalue weighted by Gasteiger charge is 2.16. The van der Waals surface area contributed by atoms with E-state index in [1.165, 1.54) is 17.8 Å². The largest absolute Gasteiger partial charge is 0.302 e. The van der Waals surface area contributed by atoms with Crippen LogP contribution in [0.1, 0.15) is 12.5 Å². The lowest BCUT2D eigenvalue weighted by Gasteiger charge is -2.09. The summed E-state index contributed by atoms with van der Waals surface area (Å²) in [7, 11) is 0. The first kappa shape index (κ1) is 17.3. The maximum absolute atomic E-state index is 13.7. The van der Waals surface area contributed by atoms with E-state index in [1.54, 1.807) is 24.3 Å². The Morgan fingerprint density at radius 3 is 2.62 bits per heavy atom. The predicted molar refractivity (Wildman–Crippen MR) is 97.1 cm³/mol. The van der Waals surface area contributed by atoms with Gasteiger partial charge >= 0.3 is 0 Å². The molecule has 24 heavy (non-hydrogen) atoms. The van der Waals surface area contributed by atoms with Crippen LogP contribution in [-0.4, -0.2) is 14.8 Å². The van der Waals surface area contributed by atoms with Crippen molar-refractivity contribution < 1.29 is 4.39 Å². The molecule has 0 aliphatic rings. The smallest absolute Gasteiger partial charge is 0.191 e. The van der Waals surface area contributed by atoms with Gasteiger partial charge in [0.05, 0.1) is 5.02 Å². The average molecular weight is 382 g/mol. The van der Waals surface area contributed by atoms with E-state index in [9.17, 15) is 4.39 Å². The van der Waals surface area contributed by atoms with E-state index >= 15 is 0 Å². The van der Waals surface area contributed by atoms with Gasteiger partial charge in [0.2, 0.25) is 0 Å². The molecule has 0 saturated heterocycles. The Bertz CT molecular complexity index is 867. The minimum absolute atomic E-state index is 0.214. The number of aromatic nitrogens is 3. The average Bonchev–Trinajstić information content (AvgIpc) is 2.97. The molecule has 3 aromatic rings. The summed E-state index contributed by atoms with van der Waals surface area (Å²) in [4.78, 5) is 0. The molecule has 0 spiro atoms. The Morgan fingerprint density at radius 2 is 1.92 bits per heavy atom. The van der Waals surface area contributed by atoms with Crippen molar-refractivity contribution in [2.45, 2.75) is 24.4 Å². The van der Waals surface area contributed by atoms with Gasteiger partial charge in [0.1, 0.15) is 5.82 Å². The maximum atomic E-state index is 13.7. The third-order valence-corrected chi connectivity index (χ3v) is 5.08. The molecule has 0 aliphatic carbocycles. The van der Waals surface area contributed by atoms with Crippen molar-refractivity contribution in [1.29, 1.82) is 0 Å². The predicted octanol–water partition coefficient (Wildman–Crippen LogP) is 5.70. The zero-order chi connectivity index (χ0) is 17.1. The number of benzene rings is 2. The van der Waals surface area contributed by atoms with Crippen LogP contribution < -0.4 is 0 Å². The van der Waals surface area contributed by atoms with Crippen molar-refractivity contribution in [3.63, 3.8) is 0 Å². The summed E-state index contributed by atoms with van der Waals surface area (Å²) in [5.74, 6) is 0.947. The Morgan fingerprint density at radius 1 is 1.12 bits per heavy atom. The van der Waals surface area contributed by atoms with Crippen LogP contribution in [0.2, 0.25) is 10.0 Å². The molecule has 1 heterocycles.